The lowest BCUT2D eigenvalue weighted by Gasteiger charge is -2.44. The predicted octanol–water partition coefficient (Wildman–Crippen LogP) is 3.04. The molecule has 0 radical (unpaired) electrons. The average Bonchev–Trinajstić information content (AvgIpc) is 3.37. The molecule has 4 aliphatic rings. The van der Waals surface area contributed by atoms with E-state index in [0.29, 0.717) is 45.7 Å². The van der Waals surface area contributed by atoms with Gasteiger partial charge in [0, 0.05) is 26.1 Å². The van der Waals surface area contributed by atoms with Gasteiger partial charge in [-0.3, -0.25) is 4.79 Å². The summed E-state index contributed by atoms with van der Waals surface area (Å²) in [4.78, 5) is 12.7. The molecule has 0 aliphatic carbocycles. The first kappa shape index (κ1) is 27.3. The van der Waals surface area contributed by atoms with E-state index in [9.17, 15) is 4.79 Å². The fraction of sp³-hybridized carbons (Fsp3) is 0.960. The zero-order chi connectivity index (χ0) is 25.3. The van der Waals surface area contributed by atoms with E-state index in [-0.39, 0.29) is 18.2 Å². The third-order valence-electron chi connectivity index (χ3n) is 6.68. The number of carbonyl (C=O) groups excluding carboxylic acids is 1. The monoisotopic (exact) mass is 502 g/mol. The van der Waals surface area contributed by atoms with Crippen LogP contribution in [0.5, 0.6) is 0 Å². The van der Waals surface area contributed by atoms with Crippen LogP contribution in [0, 0.1) is 0 Å². The molecular weight excluding hydrogens is 460 g/mol. The first-order valence-corrected chi connectivity index (χ1v) is 12.9. The summed E-state index contributed by atoms with van der Waals surface area (Å²) in [5.41, 5.74) is 0. The largest absolute Gasteiger partial charge is 0.353 e. The molecule has 7 atom stereocenters. The Morgan fingerprint density at radius 1 is 0.971 bits per heavy atom. The van der Waals surface area contributed by atoms with E-state index in [0.717, 1.165) is 12.8 Å². The minimum Gasteiger partial charge on any atom is -0.353 e. The lowest BCUT2D eigenvalue weighted by Crippen LogP contribution is -2.61. The van der Waals surface area contributed by atoms with Gasteiger partial charge in [0.15, 0.2) is 30.3 Å². The molecule has 0 N–H and O–H groups in total. The van der Waals surface area contributed by atoms with Crippen molar-refractivity contribution in [1.82, 2.24) is 0 Å². The van der Waals surface area contributed by atoms with Gasteiger partial charge < -0.3 is 42.6 Å². The maximum absolute atomic E-state index is 12.7. The number of unbranched alkanes of at least 4 members (excludes halogenated alkanes) is 1. The second kappa shape index (κ2) is 11.0. The number of ether oxygens (including phenoxy) is 9. The highest BCUT2D eigenvalue weighted by atomic mass is 16.9. The summed E-state index contributed by atoms with van der Waals surface area (Å²) in [5.74, 6) is -2.65. The molecule has 0 bridgehead atoms. The Kier molecular flexibility index (Phi) is 8.57. The van der Waals surface area contributed by atoms with Crippen molar-refractivity contribution >= 4 is 5.78 Å². The van der Waals surface area contributed by atoms with Crippen LogP contribution in [0.25, 0.3) is 0 Å². The van der Waals surface area contributed by atoms with Crippen molar-refractivity contribution in [3.8, 4) is 0 Å². The van der Waals surface area contributed by atoms with E-state index in [1.54, 1.807) is 0 Å². The number of hydrogen-bond donors (Lipinski definition) is 0. The summed E-state index contributed by atoms with van der Waals surface area (Å²) in [6, 6.07) is 0. The molecular formula is C25H42O10. The minimum atomic E-state index is -1.24. The Morgan fingerprint density at radius 2 is 1.77 bits per heavy atom. The summed E-state index contributed by atoms with van der Waals surface area (Å²) < 4.78 is 54.0. The molecule has 1 unspecified atom stereocenters. The number of ketones is 1. The molecule has 4 heterocycles. The maximum Gasteiger partial charge on any atom is 0.230 e. The van der Waals surface area contributed by atoms with Gasteiger partial charge in [-0.25, -0.2) is 0 Å². The van der Waals surface area contributed by atoms with E-state index < -0.39 is 42.0 Å². The molecule has 4 saturated heterocycles. The van der Waals surface area contributed by atoms with Crippen molar-refractivity contribution in [2.24, 2.45) is 0 Å². The molecule has 1 spiro atoms. The van der Waals surface area contributed by atoms with E-state index in [1.807, 2.05) is 41.5 Å². The number of fused-ring (bicyclic) bond motifs is 2. The Labute approximate surface area is 208 Å². The summed E-state index contributed by atoms with van der Waals surface area (Å²) in [6.07, 6.45) is 0.148. The number of carbonyl (C=O) groups is 1. The first-order chi connectivity index (χ1) is 16.5. The van der Waals surface area contributed by atoms with Gasteiger partial charge in [-0.2, -0.15) is 0 Å². The first-order valence-electron chi connectivity index (χ1n) is 12.9. The zero-order valence-electron chi connectivity index (χ0n) is 21.9. The molecule has 4 rings (SSSR count). The van der Waals surface area contributed by atoms with Gasteiger partial charge in [0.1, 0.15) is 18.0 Å². The van der Waals surface area contributed by atoms with Crippen LogP contribution in [0.3, 0.4) is 0 Å². The molecule has 202 valence electrons. The van der Waals surface area contributed by atoms with E-state index >= 15 is 0 Å². The highest BCUT2D eigenvalue weighted by molar-refractivity contribution is 5.78. The number of hydrogen-bond acceptors (Lipinski definition) is 10. The Morgan fingerprint density at radius 3 is 2.49 bits per heavy atom. The van der Waals surface area contributed by atoms with Crippen molar-refractivity contribution in [3.63, 3.8) is 0 Å². The third-order valence-corrected chi connectivity index (χ3v) is 6.68. The predicted molar refractivity (Wildman–Crippen MR) is 122 cm³/mol. The highest BCUT2D eigenvalue weighted by Crippen LogP contribution is 2.50. The van der Waals surface area contributed by atoms with Gasteiger partial charge in [0.2, 0.25) is 5.79 Å². The van der Waals surface area contributed by atoms with Gasteiger partial charge in [-0.05, 0) is 60.8 Å². The van der Waals surface area contributed by atoms with Gasteiger partial charge in [-0.15, -0.1) is 0 Å². The van der Waals surface area contributed by atoms with Gasteiger partial charge >= 0.3 is 0 Å². The molecule has 0 aromatic heterocycles. The van der Waals surface area contributed by atoms with Gasteiger partial charge in [0.25, 0.3) is 0 Å². The normalized spacial score (nSPS) is 38.6. The Hall–Kier alpha value is -0.690. The standard InChI is InChI=1S/C25H42O10/c1-7-27-16(2)28-12-9-8-10-17(26)14-18-11-13-29-25(32-18)20(19-15-30-23(3,4)33-19)31-22-21(25)34-24(5,6)35-22/h16,18-22H,7-15H2,1-6H3/t16?,18-,19+,20+,21-,22+,25+/m0/s1. The lowest BCUT2D eigenvalue weighted by atomic mass is 9.97. The zero-order valence-corrected chi connectivity index (χ0v) is 21.9. The van der Waals surface area contributed by atoms with Crippen molar-refractivity contribution < 1.29 is 47.4 Å². The smallest absolute Gasteiger partial charge is 0.230 e. The van der Waals surface area contributed by atoms with Crippen LogP contribution in [-0.4, -0.2) is 86.6 Å². The fourth-order valence-corrected chi connectivity index (χ4v) is 5.17. The third kappa shape index (κ3) is 6.42. The van der Waals surface area contributed by atoms with Crippen LogP contribution >= 0.6 is 0 Å². The van der Waals surface area contributed by atoms with Crippen molar-refractivity contribution in [1.29, 1.82) is 0 Å². The minimum absolute atomic E-state index is 0.155. The summed E-state index contributed by atoms with van der Waals surface area (Å²) in [5, 5.41) is 0. The molecule has 0 amide bonds. The van der Waals surface area contributed by atoms with E-state index in [1.165, 1.54) is 0 Å². The molecule has 10 heteroatoms. The van der Waals surface area contributed by atoms with Crippen LogP contribution in [0.1, 0.15) is 73.6 Å². The second-order valence-electron chi connectivity index (χ2n) is 10.5. The quantitative estimate of drug-likeness (QED) is 0.310. The topological polar surface area (TPSA) is 100 Å². The molecule has 0 aromatic rings. The SMILES string of the molecule is CCOC(C)OCCCCC(=O)C[C@@H]1CCO[C@@]2(O1)[C@@H]([C@H]1COC(C)(C)O1)O[C@@H]1OC(C)(C)O[C@@H]12. The molecule has 0 saturated carbocycles. The molecule has 4 aliphatic heterocycles. The Bertz CT molecular complexity index is 727. The maximum atomic E-state index is 12.7. The average molecular weight is 503 g/mol. The highest BCUT2D eigenvalue weighted by Gasteiger charge is 2.70. The van der Waals surface area contributed by atoms with Gasteiger partial charge in [0.05, 0.1) is 19.3 Å². The second-order valence-corrected chi connectivity index (χ2v) is 10.5. The van der Waals surface area contributed by atoms with E-state index in [2.05, 4.69) is 0 Å². The van der Waals surface area contributed by atoms with Crippen LogP contribution in [0.2, 0.25) is 0 Å². The summed E-state index contributed by atoms with van der Waals surface area (Å²) >= 11 is 0. The molecule has 0 aromatic carbocycles. The fourth-order valence-electron chi connectivity index (χ4n) is 5.17. The Balaban J connectivity index is 1.35. The molecule has 4 fully saturated rings. The van der Waals surface area contributed by atoms with Gasteiger partial charge in [-0.1, -0.05) is 0 Å². The number of rotatable bonds is 11. The summed E-state index contributed by atoms with van der Waals surface area (Å²) in [6.45, 7) is 13.1. The van der Waals surface area contributed by atoms with Crippen molar-refractivity contribution in [2.45, 2.75) is 128 Å². The van der Waals surface area contributed by atoms with Crippen LogP contribution < -0.4 is 0 Å². The van der Waals surface area contributed by atoms with Crippen LogP contribution in [-0.2, 0) is 47.4 Å². The van der Waals surface area contributed by atoms with Crippen molar-refractivity contribution in [2.75, 3.05) is 26.4 Å². The van der Waals surface area contributed by atoms with E-state index in [4.69, 9.17) is 42.6 Å². The van der Waals surface area contributed by atoms with Crippen LogP contribution in [0.4, 0.5) is 0 Å². The van der Waals surface area contributed by atoms with Crippen molar-refractivity contribution in [3.05, 3.63) is 0 Å². The number of Topliss-reactive ketones (excluding diaryl/α,β-unsaturated/α-hetero) is 1. The molecule has 35 heavy (non-hydrogen) atoms. The summed E-state index contributed by atoms with van der Waals surface area (Å²) in [7, 11) is 0. The molecule has 10 nitrogen and oxygen atoms in total. The van der Waals surface area contributed by atoms with Crippen LogP contribution in [0.15, 0.2) is 0 Å². The lowest BCUT2D eigenvalue weighted by molar-refractivity contribution is -0.360.